The third-order valence-electron chi connectivity index (χ3n) is 4.44. The van der Waals surface area contributed by atoms with Crippen LogP contribution in [0.4, 0.5) is 0 Å². The van der Waals surface area contributed by atoms with Gasteiger partial charge in [-0.2, -0.15) is 0 Å². The van der Waals surface area contributed by atoms with Crippen LogP contribution < -0.4 is 4.74 Å². The van der Waals surface area contributed by atoms with Gasteiger partial charge in [0, 0.05) is 10.9 Å². The van der Waals surface area contributed by atoms with Crippen molar-refractivity contribution in [3.05, 3.63) is 59.7 Å². The van der Waals surface area contributed by atoms with Crippen molar-refractivity contribution in [2.75, 3.05) is 6.61 Å². The lowest BCUT2D eigenvalue weighted by Gasteiger charge is -2.10. The Balaban J connectivity index is 1.92. The molecule has 0 saturated heterocycles. The van der Waals surface area contributed by atoms with Gasteiger partial charge in [-0.15, -0.1) is 0 Å². The van der Waals surface area contributed by atoms with Crippen LogP contribution in [0.3, 0.4) is 0 Å². The first-order valence-corrected chi connectivity index (χ1v) is 8.97. The number of ether oxygens (including phenoxy) is 1. The topological polar surface area (TPSA) is 59.4 Å². The molecule has 2 aromatic carbocycles. The molecule has 0 unspecified atom stereocenters. The number of para-hydroxylation sites is 1. The number of hydrogen-bond acceptors (Lipinski definition) is 3. The van der Waals surface area contributed by atoms with Gasteiger partial charge in [0.25, 0.3) is 0 Å². The molecule has 4 heteroatoms. The van der Waals surface area contributed by atoms with Gasteiger partial charge in [0.15, 0.2) is 0 Å². The Hall–Kier alpha value is -2.88. The van der Waals surface area contributed by atoms with Crippen molar-refractivity contribution in [3.63, 3.8) is 0 Å². The molecule has 3 rings (SSSR count). The molecule has 26 heavy (non-hydrogen) atoms. The van der Waals surface area contributed by atoms with E-state index in [1.54, 1.807) is 12.1 Å². The summed E-state index contributed by atoms with van der Waals surface area (Å²) in [6, 6.07) is 14.9. The zero-order valence-electron chi connectivity index (χ0n) is 15.2. The number of aromatic carboxylic acids is 1. The van der Waals surface area contributed by atoms with E-state index in [0.29, 0.717) is 17.7 Å². The van der Waals surface area contributed by atoms with Crippen LogP contribution in [0.1, 0.15) is 42.1 Å². The van der Waals surface area contributed by atoms with Gasteiger partial charge in [-0.3, -0.25) is 0 Å². The SMILES string of the molecule is CCCCCOc1ccc(-c2cc(C(=O)O)c3cccc(C)c3n2)cc1. The van der Waals surface area contributed by atoms with E-state index in [1.807, 2.05) is 43.3 Å². The van der Waals surface area contributed by atoms with Crippen molar-refractivity contribution >= 4 is 16.9 Å². The number of carboxylic acids is 1. The van der Waals surface area contributed by atoms with Crippen LogP contribution >= 0.6 is 0 Å². The second-order valence-electron chi connectivity index (χ2n) is 6.41. The average molecular weight is 349 g/mol. The summed E-state index contributed by atoms with van der Waals surface area (Å²) in [6.07, 6.45) is 3.38. The van der Waals surface area contributed by atoms with Gasteiger partial charge < -0.3 is 9.84 Å². The molecule has 3 aromatic rings. The van der Waals surface area contributed by atoms with E-state index in [-0.39, 0.29) is 5.56 Å². The first kappa shape index (κ1) is 17.9. The van der Waals surface area contributed by atoms with Gasteiger partial charge in [-0.1, -0.05) is 38.0 Å². The van der Waals surface area contributed by atoms with Crippen molar-refractivity contribution in [1.82, 2.24) is 4.98 Å². The van der Waals surface area contributed by atoms with Gasteiger partial charge >= 0.3 is 5.97 Å². The Morgan fingerprint density at radius 1 is 1.12 bits per heavy atom. The smallest absolute Gasteiger partial charge is 0.336 e. The highest BCUT2D eigenvalue weighted by molar-refractivity contribution is 6.04. The molecule has 0 radical (unpaired) electrons. The monoisotopic (exact) mass is 349 g/mol. The second kappa shape index (κ2) is 8.00. The molecule has 0 fully saturated rings. The molecule has 0 spiro atoms. The number of fused-ring (bicyclic) bond motifs is 1. The largest absolute Gasteiger partial charge is 0.494 e. The van der Waals surface area contributed by atoms with Crippen molar-refractivity contribution < 1.29 is 14.6 Å². The minimum absolute atomic E-state index is 0.272. The molecule has 0 aliphatic rings. The summed E-state index contributed by atoms with van der Waals surface area (Å²) >= 11 is 0. The van der Waals surface area contributed by atoms with E-state index in [0.717, 1.165) is 35.2 Å². The molecule has 1 N–H and O–H groups in total. The zero-order valence-corrected chi connectivity index (χ0v) is 15.2. The second-order valence-corrected chi connectivity index (χ2v) is 6.41. The molecule has 1 aromatic heterocycles. The predicted octanol–water partition coefficient (Wildman–Crippen LogP) is 5.48. The summed E-state index contributed by atoms with van der Waals surface area (Å²) in [7, 11) is 0. The number of aryl methyl sites for hydroxylation is 1. The quantitative estimate of drug-likeness (QED) is 0.574. The van der Waals surface area contributed by atoms with Crippen molar-refractivity contribution in [1.29, 1.82) is 0 Å². The number of aromatic nitrogens is 1. The minimum atomic E-state index is -0.944. The van der Waals surface area contributed by atoms with Crippen molar-refractivity contribution in [2.24, 2.45) is 0 Å². The van der Waals surface area contributed by atoms with Gasteiger partial charge in [0.1, 0.15) is 5.75 Å². The van der Waals surface area contributed by atoms with Crippen LogP contribution in [0.15, 0.2) is 48.5 Å². The fourth-order valence-electron chi connectivity index (χ4n) is 2.98. The Bertz CT molecular complexity index is 917. The molecule has 134 valence electrons. The van der Waals surface area contributed by atoms with Crippen molar-refractivity contribution in [3.8, 4) is 17.0 Å². The number of nitrogens with zero attached hydrogens (tertiary/aromatic N) is 1. The van der Waals surface area contributed by atoms with E-state index in [2.05, 4.69) is 6.92 Å². The van der Waals surface area contributed by atoms with Crippen LogP contribution in [0.2, 0.25) is 0 Å². The maximum atomic E-state index is 11.7. The number of hydrogen-bond donors (Lipinski definition) is 1. The van der Waals surface area contributed by atoms with Crippen LogP contribution in [-0.4, -0.2) is 22.7 Å². The van der Waals surface area contributed by atoms with Gasteiger partial charge in [0.05, 0.1) is 23.4 Å². The van der Waals surface area contributed by atoms with Crippen LogP contribution in [0.25, 0.3) is 22.2 Å². The Kier molecular flexibility index (Phi) is 5.52. The summed E-state index contributed by atoms with van der Waals surface area (Å²) in [5.74, 6) is -0.125. The van der Waals surface area contributed by atoms with Gasteiger partial charge in [-0.05, 0) is 49.2 Å². The number of carboxylic acid groups (broad SMARTS) is 1. The van der Waals surface area contributed by atoms with Crippen LogP contribution in [0.5, 0.6) is 5.75 Å². The predicted molar refractivity (Wildman–Crippen MR) is 104 cm³/mol. The molecule has 0 bridgehead atoms. The molecule has 0 amide bonds. The van der Waals surface area contributed by atoms with E-state index < -0.39 is 5.97 Å². The van der Waals surface area contributed by atoms with E-state index >= 15 is 0 Å². The highest BCUT2D eigenvalue weighted by Gasteiger charge is 2.14. The zero-order chi connectivity index (χ0) is 18.5. The summed E-state index contributed by atoms with van der Waals surface area (Å²) in [5, 5.41) is 10.2. The number of benzene rings is 2. The Morgan fingerprint density at radius 3 is 2.58 bits per heavy atom. The number of rotatable bonds is 7. The number of unbranched alkanes of at least 4 members (excludes halogenated alkanes) is 2. The molecule has 4 nitrogen and oxygen atoms in total. The normalized spacial score (nSPS) is 10.8. The van der Waals surface area contributed by atoms with Gasteiger partial charge in [-0.25, -0.2) is 9.78 Å². The molecule has 0 atom stereocenters. The lowest BCUT2D eigenvalue weighted by Crippen LogP contribution is -2.01. The first-order valence-electron chi connectivity index (χ1n) is 8.97. The third kappa shape index (κ3) is 3.85. The highest BCUT2D eigenvalue weighted by atomic mass is 16.5. The summed E-state index contributed by atoms with van der Waals surface area (Å²) in [5.41, 5.74) is 3.49. The maximum Gasteiger partial charge on any atom is 0.336 e. The first-order chi connectivity index (χ1) is 12.6. The van der Waals surface area contributed by atoms with E-state index in [9.17, 15) is 9.90 Å². The third-order valence-corrected chi connectivity index (χ3v) is 4.44. The Morgan fingerprint density at radius 2 is 1.88 bits per heavy atom. The molecule has 0 aliphatic carbocycles. The maximum absolute atomic E-state index is 11.7. The Labute approximate surface area is 153 Å². The van der Waals surface area contributed by atoms with Crippen molar-refractivity contribution in [2.45, 2.75) is 33.1 Å². The molecular formula is C22H23NO3. The lowest BCUT2D eigenvalue weighted by atomic mass is 10.0. The lowest BCUT2D eigenvalue weighted by molar-refractivity contribution is 0.0699. The van der Waals surface area contributed by atoms with E-state index in [4.69, 9.17) is 9.72 Å². The molecule has 1 heterocycles. The fourth-order valence-corrected chi connectivity index (χ4v) is 2.98. The average Bonchev–Trinajstić information content (AvgIpc) is 2.65. The van der Waals surface area contributed by atoms with Crippen LogP contribution in [0, 0.1) is 6.92 Å². The fraction of sp³-hybridized carbons (Fsp3) is 0.273. The molecule has 0 aliphatic heterocycles. The standard InChI is InChI=1S/C22H23NO3/c1-3-4-5-13-26-17-11-9-16(10-12-17)20-14-19(22(24)25)18-8-6-7-15(2)21(18)23-20/h6-12,14H,3-5,13H2,1-2H3,(H,24,25). The van der Waals surface area contributed by atoms with Crippen LogP contribution in [-0.2, 0) is 0 Å². The summed E-state index contributed by atoms with van der Waals surface area (Å²) in [6.45, 7) is 4.82. The summed E-state index contributed by atoms with van der Waals surface area (Å²) in [4.78, 5) is 16.4. The molecular weight excluding hydrogens is 326 g/mol. The number of pyridine rings is 1. The van der Waals surface area contributed by atoms with Gasteiger partial charge in [0.2, 0.25) is 0 Å². The van der Waals surface area contributed by atoms with E-state index in [1.165, 1.54) is 6.42 Å². The summed E-state index contributed by atoms with van der Waals surface area (Å²) < 4.78 is 5.74. The molecule has 0 saturated carbocycles. The minimum Gasteiger partial charge on any atom is -0.494 e. The number of carbonyl (C=O) groups is 1. The highest BCUT2D eigenvalue weighted by Crippen LogP contribution is 2.28.